The van der Waals surface area contributed by atoms with E-state index in [0.29, 0.717) is 23.4 Å². The predicted molar refractivity (Wildman–Crippen MR) is 127 cm³/mol. The molecule has 1 aliphatic heterocycles. The maximum Gasteiger partial charge on any atom is 0.258 e. The first-order valence-electron chi connectivity index (χ1n) is 10.2. The van der Waals surface area contributed by atoms with Crippen LogP contribution < -0.4 is 5.32 Å². The van der Waals surface area contributed by atoms with Crippen molar-refractivity contribution in [2.45, 2.75) is 19.5 Å². The summed E-state index contributed by atoms with van der Waals surface area (Å²) in [6, 6.07) is 15.9. The first-order valence-corrected chi connectivity index (χ1v) is 11.4. The summed E-state index contributed by atoms with van der Waals surface area (Å²) in [4.78, 5) is 7.44. The molecule has 4 aromatic rings. The Morgan fingerprint density at radius 3 is 2.42 bits per heavy atom. The number of rotatable bonds is 5. The molecule has 0 bridgehead atoms. The van der Waals surface area contributed by atoms with E-state index in [1.807, 2.05) is 29.3 Å². The van der Waals surface area contributed by atoms with E-state index in [4.69, 9.17) is 16.7 Å². The van der Waals surface area contributed by atoms with Crippen LogP contribution in [0, 0.1) is 11.6 Å². The van der Waals surface area contributed by atoms with Crippen LogP contribution in [0.25, 0.3) is 16.3 Å². The van der Waals surface area contributed by atoms with Gasteiger partial charge in [-0.1, -0.05) is 35.5 Å². The Morgan fingerprint density at radius 2 is 1.76 bits per heavy atom. The van der Waals surface area contributed by atoms with E-state index in [1.54, 1.807) is 24.3 Å². The molecule has 0 fully saturated rings. The van der Waals surface area contributed by atoms with E-state index in [1.165, 1.54) is 35.6 Å². The van der Waals surface area contributed by atoms with E-state index in [2.05, 4.69) is 15.5 Å². The SMILES string of the molecule is CC1=C(c2nc(-c3cccs3)no2)C(c2ccc(F)cc2)NC(=S)N1Cc1ccc(F)cc1. The summed E-state index contributed by atoms with van der Waals surface area (Å²) in [7, 11) is 0. The minimum absolute atomic E-state index is 0.297. The molecule has 1 atom stereocenters. The lowest BCUT2D eigenvalue weighted by molar-refractivity contribution is 0.396. The fourth-order valence-corrected chi connectivity index (χ4v) is 4.73. The molecule has 2 aromatic heterocycles. The Hall–Kier alpha value is -3.43. The van der Waals surface area contributed by atoms with Crippen molar-refractivity contribution in [1.29, 1.82) is 0 Å². The fourth-order valence-electron chi connectivity index (χ4n) is 3.77. The average molecular weight is 481 g/mol. The van der Waals surface area contributed by atoms with Crippen molar-refractivity contribution in [3.05, 3.63) is 100 Å². The molecular formula is C24H18F2N4OS2. The molecular weight excluding hydrogens is 462 g/mol. The molecule has 1 unspecified atom stereocenters. The van der Waals surface area contributed by atoms with Gasteiger partial charge in [-0.15, -0.1) is 11.3 Å². The van der Waals surface area contributed by atoms with Crippen LogP contribution in [0.1, 0.15) is 30.0 Å². The maximum absolute atomic E-state index is 13.6. The smallest absolute Gasteiger partial charge is 0.258 e. The maximum atomic E-state index is 13.6. The standard InChI is InChI=1S/C24H18F2N4OS2/c1-14-20(23-28-22(29-31-23)19-3-2-12-33-19)21(16-6-10-18(26)11-7-16)27-24(32)30(14)13-15-4-8-17(25)9-5-15/h2-12,21H,13H2,1H3,(H,27,32). The molecule has 166 valence electrons. The topological polar surface area (TPSA) is 54.2 Å². The average Bonchev–Trinajstić information content (AvgIpc) is 3.50. The Balaban J connectivity index is 1.59. The van der Waals surface area contributed by atoms with Crippen LogP contribution in [0.5, 0.6) is 0 Å². The zero-order valence-corrected chi connectivity index (χ0v) is 19.1. The molecule has 0 aliphatic carbocycles. The molecule has 0 saturated heterocycles. The van der Waals surface area contributed by atoms with Crippen LogP contribution in [-0.4, -0.2) is 20.2 Å². The molecule has 0 amide bonds. The minimum atomic E-state index is -0.404. The lowest BCUT2D eigenvalue weighted by atomic mass is 9.94. The number of thiocarbonyl (C=S) groups is 1. The summed E-state index contributed by atoms with van der Waals surface area (Å²) < 4.78 is 32.6. The van der Waals surface area contributed by atoms with Crippen molar-refractivity contribution < 1.29 is 13.3 Å². The Kier molecular flexibility index (Phi) is 5.74. The first-order chi connectivity index (χ1) is 16.0. The van der Waals surface area contributed by atoms with E-state index in [9.17, 15) is 8.78 Å². The minimum Gasteiger partial charge on any atom is -0.351 e. The summed E-state index contributed by atoms with van der Waals surface area (Å²) in [5, 5.41) is 9.93. The third kappa shape index (κ3) is 4.29. The second kappa shape index (κ2) is 8.84. The van der Waals surface area contributed by atoms with Crippen LogP contribution in [0.2, 0.25) is 0 Å². The summed E-state index contributed by atoms with van der Waals surface area (Å²) >= 11 is 7.19. The number of hydrogen-bond donors (Lipinski definition) is 1. The third-order valence-electron chi connectivity index (χ3n) is 5.45. The van der Waals surface area contributed by atoms with E-state index in [0.717, 1.165) is 27.3 Å². The van der Waals surface area contributed by atoms with Crippen LogP contribution in [0.3, 0.4) is 0 Å². The van der Waals surface area contributed by atoms with Gasteiger partial charge < -0.3 is 14.7 Å². The molecule has 1 N–H and O–H groups in total. The molecule has 2 aromatic carbocycles. The molecule has 3 heterocycles. The van der Waals surface area contributed by atoms with Crippen LogP contribution >= 0.6 is 23.6 Å². The number of thiophene rings is 1. The highest BCUT2D eigenvalue weighted by molar-refractivity contribution is 7.80. The molecule has 9 heteroatoms. The molecule has 5 rings (SSSR count). The van der Waals surface area contributed by atoms with Gasteiger partial charge in [-0.2, -0.15) is 4.98 Å². The van der Waals surface area contributed by atoms with E-state index >= 15 is 0 Å². The van der Waals surface area contributed by atoms with Crippen LogP contribution in [0.4, 0.5) is 8.78 Å². The van der Waals surface area contributed by atoms with Gasteiger partial charge >= 0.3 is 0 Å². The zero-order valence-electron chi connectivity index (χ0n) is 17.5. The number of halogens is 2. The van der Waals surface area contributed by atoms with Crippen molar-refractivity contribution in [3.63, 3.8) is 0 Å². The highest BCUT2D eigenvalue weighted by Crippen LogP contribution is 2.38. The van der Waals surface area contributed by atoms with Gasteiger partial charge in [0.25, 0.3) is 5.89 Å². The van der Waals surface area contributed by atoms with Gasteiger partial charge in [-0.05, 0) is 66.0 Å². The first kappa shape index (κ1) is 21.4. The summed E-state index contributed by atoms with van der Waals surface area (Å²) in [6.07, 6.45) is 0. The molecule has 5 nitrogen and oxygen atoms in total. The Morgan fingerprint density at radius 1 is 1.06 bits per heavy atom. The highest BCUT2D eigenvalue weighted by atomic mass is 32.1. The second-order valence-corrected chi connectivity index (χ2v) is 8.88. The predicted octanol–water partition coefficient (Wildman–Crippen LogP) is 5.94. The van der Waals surface area contributed by atoms with E-state index < -0.39 is 6.04 Å². The monoisotopic (exact) mass is 480 g/mol. The van der Waals surface area contributed by atoms with Crippen molar-refractivity contribution in [1.82, 2.24) is 20.4 Å². The van der Waals surface area contributed by atoms with Crippen molar-refractivity contribution in [3.8, 4) is 10.7 Å². The van der Waals surface area contributed by atoms with Gasteiger partial charge in [0.05, 0.1) is 16.5 Å². The summed E-state index contributed by atoms with van der Waals surface area (Å²) in [5.74, 6) is 0.227. The van der Waals surface area contributed by atoms with Gasteiger partial charge in [0.2, 0.25) is 5.82 Å². The summed E-state index contributed by atoms with van der Waals surface area (Å²) in [6.45, 7) is 2.36. The van der Waals surface area contributed by atoms with Gasteiger partial charge in [-0.25, -0.2) is 8.78 Å². The number of nitrogens with one attached hydrogen (secondary N) is 1. The van der Waals surface area contributed by atoms with Crippen LogP contribution in [-0.2, 0) is 6.54 Å². The van der Waals surface area contributed by atoms with E-state index in [-0.39, 0.29) is 11.6 Å². The summed E-state index contributed by atoms with van der Waals surface area (Å²) in [5.41, 5.74) is 3.26. The zero-order chi connectivity index (χ0) is 22.9. The fraction of sp³-hybridized carbons (Fsp3) is 0.125. The van der Waals surface area contributed by atoms with Crippen molar-refractivity contribution >= 4 is 34.2 Å². The third-order valence-corrected chi connectivity index (χ3v) is 6.66. The van der Waals surface area contributed by atoms with Gasteiger partial charge in [-0.3, -0.25) is 0 Å². The Labute approximate surface area is 198 Å². The molecule has 33 heavy (non-hydrogen) atoms. The van der Waals surface area contributed by atoms with Gasteiger partial charge in [0.15, 0.2) is 5.11 Å². The van der Waals surface area contributed by atoms with Gasteiger partial charge in [0.1, 0.15) is 11.6 Å². The molecule has 1 aliphatic rings. The second-order valence-electron chi connectivity index (χ2n) is 7.55. The normalized spacial score (nSPS) is 16.3. The highest BCUT2D eigenvalue weighted by Gasteiger charge is 2.34. The Bertz CT molecular complexity index is 1320. The number of aromatic nitrogens is 2. The molecule has 0 spiro atoms. The van der Waals surface area contributed by atoms with Crippen LogP contribution in [0.15, 0.2) is 76.3 Å². The lowest BCUT2D eigenvalue weighted by Gasteiger charge is -2.37. The lowest BCUT2D eigenvalue weighted by Crippen LogP contribution is -2.45. The molecule has 0 saturated carbocycles. The molecule has 0 radical (unpaired) electrons. The van der Waals surface area contributed by atoms with Crippen molar-refractivity contribution in [2.24, 2.45) is 0 Å². The van der Waals surface area contributed by atoms with Crippen molar-refractivity contribution in [2.75, 3.05) is 0 Å². The quantitative estimate of drug-likeness (QED) is 0.357. The largest absolute Gasteiger partial charge is 0.351 e. The number of nitrogens with zero attached hydrogens (tertiary/aromatic N) is 3. The number of benzene rings is 2. The number of hydrogen-bond acceptors (Lipinski definition) is 5. The van der Waals surface area contributed by atoms with Gasteiger partial charge in [0, 0.05) is 12.2 Å². The number of allylic oxidation sites excluding steroid dienone is 1.